The number of carboxylic acid groups (broad SMARTS) is 1. The van der Waals surface area contributed by atoms with Crippen molar-refractivity contribution >= 4 is 20.0 Å². The van der Waals surface area contributed by atoms with Crippen molar-refractivity contribution in [1.82, 2.24) is 0 Å². The summed E-state index contributed by atoms with van der Waals surface area (Å²) in [5.41, 5.74) is 0.327. The van der Waals surface area contributed by atoms with E-state index in [4.69, 9.17) is 9.84 Å². The predicted octanol–water partition coefficient (Wildman–Crippen LogP) is 4.59. The third-order valence-corrected chi connectivity index (χ3v) is 10.0. The van der Waals surface area contributed by atoms with E-state index in [2.05, 4.69) is 41.5 Å². The number of carboxylic acids is 1. The molecule has 0 aromatic carbocycles. The molecular formula is C18H34O4Si. The maximum atomic E-state index is 12.1. The van der Waals surface area contributed by atoms with Crippen molar-refractivity contribution in [1.29, 1.82) is 0 Å². The lowest BCUT2D eigenvalue weighted by molar-refractivity contribution is -0.137. The topological polar surface area (TPSA) is 63.6 Å². The van der Waals surface area contributed by atoms with Crippen LogP contribution in [0, 0.1) is 17.8 Å². The van der Waals surface area contributed by atoms with Crippen LogP contribution in [0.4, 0.5) is 0 Å². The molecule has 0 rings (SSSR count). The molecule has 0 atom stereocenters. The van der Waals surface area contributed by atoms with Crippen LogP contribution in [0.1, 0.15) is 41.5 Å². The second-order valence-electron chi connectivity index (χ2n) is 7.97. The molecule has 0 aliphatic heterocycles. The van der Waals surface area contributed by atoms with Crippen molar-refractivity contribution in [3.63, 3.8) is 0 Å². The first-order chi connectivity index (χ1) is 10.5. The van der Waals surface area contributed by atoms with Crippen molar-refractivity contribution in [3.8, 4) is 0 Å². The molecule has 0 saturated heterocycles. The standard InChI is InChI=1S/C18H34O4Si/c1-13(2)9-23(10-14(3)4,11-15(5)6)12-16(8-17(19)20)18(21)22-7/h8,13-15H,9-12H2,1-7H3,(H,19,20)/b16-8-. The summed E-state index contributed by atoms with van der Waals surface area (Å²) in [6.45, 7) is 13.3. The number of hydrogen-bond donors (Lipinski definition) is 1. The quantitative estimate of drug-likeness (QED) is 0.358. The molecule has 0 fully saturated rings. The van der Waals surface area contributed by atoms with Crippen molar-refractivity contribution in [2.75, 3.05) is 7.11 Å². The SMILES string of the molecule is COC(=O)/C(=C\C(=O)O)C[Si](CC(C)C)(CC(C)C)CC(C)C. The van der Waals surface area contributed by atoms with E-state index in [9.17, 15) is 9.59 Å². The zero-order valence-electron chi connectivity index (χ0n) is 15.8. The Labute approximate surface area is 142 Å². The van der Waals surface area contributed by atoms with E-state index in [1.54, 1.807) is 0 Å². The molecule has 0 aromatic rings. The fourth-order valence-corrected chi connectivity index (χ4v) is 11.1. The van der Waals surface area contributed by atoms with E-state index in [0.717, 1.165) is 24.2 Å². The second kappa shape index (κ2) is 9.91. The summed E-state index contributed by atoms with van der Waals surface area (Å²) in [5, 5.41) is 9.10. The van der Waals surface area contributed by atoms with Gasteiger partial charge in [-0.3, -0.25) is 0 Å². The molecule has 0 aromatic heterocycles. The maximum Gasteiger partial charge on any atom is 0.333 e. The number of carbonyl (C=O) groups excluding carboxylic acids is 1. The summed E-state index contributed by atoms with van der Waals surface area (Å²) in [4.78, 5) is 23.2. The van der Waals surface area contributed by atoms with Crippen LogP contribution in [0.5, 0.6) is 0 Å². The van der Waals surface area contributed by atoms with Gasteiger partial charge in [0.25, 0.3) is 0 Å². The Morgan fingerprint density at radius 3 is 1.61 bits per heavy atom. The zero-order chi connectivity index (χ0) is 18.2. The van der Waals surface area contributed by atoms with Crippen LogP contribution in [-0.2, 0) is 14.3 Å². The summed E-state index contributed by atoms with van der Waals surface area (Å²) in [5.74, 6) is 0.0566. The first-order valence-electron chi connectivity index (χ1n) is 8.53. The fourth-order valence-electron chi connectivity index (χ4n) is 3.93. The number of rotatable bonds is 10. The van der Waals surface area contributed by atoms with Gasteiger partial charge in [-0.05, 0) is 23.8 Å². The number of ether oxygens (including phenoxy) is 1. The van der Waals surface area contributed by atoms with Crippen LogP contribution in [0.15, 0.2) is 11.6 Å². The van der Waals surface area contributed by atoms with Crippen molar-refractivity contribution in [3.05, 3.63) is 11.6 Å². The minimum absolute atomic E-state index is 0.327. The molecule has 0 radical (unpaired) electrons. The Kier molecular flexibility index (Phi) is 9.43. The van der Waals surface area contributed by atoms with Gasteiger partial charge in [0.05, 0.1) is 15.2 Å². The minimum Gasteiger partial charge on any atom is -0.478 e. The van der Waals surface area contributed by atoms with Crippen molar-refractivity contribution in [2.45, 2.75) is 65.7 Å². The highest BCUT2D eigenvalue weighted by atomic mass is 28.3. The Morgan fingerprint density at radius 1 is 0.957 bits per heavy atom. The molecule has 0 amide bonds. The Bertz CT molecular complexity index is 398. The number of methoxy groups -OCH3 is 1. The van der Waals surface area contributed by atoms with Crippen LogP contribution < -0.4 is 0 Å². The average molecular weight is 343 g/mol. The summed E-state index contributed by atoms with van der Waals surface area (Å²) in [7, 11) is -0.512. The van der Waals surface area contributed by atoms with E-state index in [-0.39, 0.29) is 0 Å². The highest BCUT2D eigenvalue weighted by molar-refractivity contribution is 6.81. The molecule has 0 unspecified atom stereocenters. The van der Waals surface area contributed by atoms with Gasteiger partial charge in [-0.15, -0.1) is 0 Å². The van der Waals surface area contributed by atoms with E-state index in [1.807, 2.05) is 0 Å². The van der Waals surface area contributed by atoms with Crippen molar-refractivity contribution in [2.24, 2.45) is 17.8 Å². The summed E-state index contributed by atoms with van der Waals surface area (Å²) < 4.78 is 4.83. The molecule has 1 N–H and O–H groups in total. The number of hydrogen-bond acceptors (Lipinski definition) is 3. The lowest BCUT2D eigenvalue weighted by atomic mass is 10.2. The molecule has 0 aliphatic carbocycles. The first-order valence-corrected chi connectivity index (χ1v) is 11.4. The lowest BCUT2D eigenvalue weighted by Crippen LogP contribution is -2.40. The zero-order valence-corrected chi connectivity index (χ0v) is 16.8. The normalized spacial score (nSPS) is 13.0. The van der Waals surface area contributed by atoms with Gasteiger partial charge in [0.2, 0.25) is 0 Å². The monoisotopic (exact) mass is 342 g/mol. The number of esters is 1. The highest BCUT2D eigenvalue weighted by Crippen LogP contribution is 2.37. The Balaban J connectivity index is 5.76. The van der Waals surface area contributed by atoms with Gasteiger partial charge in [-0.2, -0.15) is 0 Å². The smallest absolute Gasteiger partial charge is 0.333 e. The maximum absolute atomic E-state index is 12.1. The molecular weight excluding hydrogens is 308 g/mol. The summed E-state index contributed by atoms with van der Waals surface area (Å²) in [6.07, 6.45) is 1.05. The second-order valence-corrected chi connectivity index (χ2v) is 12.5. The van der Waals surface area contributed by atoms with Gasteiger partial charge < -0.3 is 9.84 Å². The Morgan fingerprint density at radius 2 is 1.35 bits per heavy atom. The van der Waals surface area contributed by atoms with E-state index >= 15 is 0 Å². The van der Waals surface area contributed by atoms with Gasteiger partial charge in [-0.25, -0.2) is 9.59 Å². The van der Waals surface area contributed by atoms with Crippen LogP contribution >= 0.6 is 0 Å². The molecule has 0 bridgehead atoms. The third kappa shape index (κ3) is 8.94. The highest BCUT2D eigenvalue weighted by Gasteiger charge is 2.37. The van der Waals surface area contributed by atoms with Crippen LogP contribution in [0.3, 0.4) is 0 Å². The Hall–Kier alpha value is -1.10. The van der Waals surface area contributed by atoms with Gasteiger partial charge >= 0.3 is 11.9 Å². The number of aliphatic carboxylic acids is 1. The molecule has 5 heteroatoms. The molecule has 0 spiro atoms. The van der Waals surface area contributed by atoms with E-state index in [0.29, 0.717) is 29.4 Å². The fraction of sp³-hybridized carbons (Fsp3) is 0.778. The predicted molar refractivity (Wildman–Crippen MR) is 97.2 cm³/mol. The van der Waals surface area contributed by atoms with Crippen LogP contribution in [0.2, 0.25) is 24.2 Å². The van der Waals surface area contributed by atoms with E-state index in [1.165, 1.54) is 7.11 Å². The molecule has 0 heterocycles. The average Bonchev–Trinajstić information content (AvgIpc) is 2.33. The molecule has 0 aliphatic rings. The van der Waals surface area contributed by atoms with Gasteiger partial charge in [0, 0.05) is 11.6 Å². The first kappa shape index (κ1) is 21.9. The molecule has 23 heavy (non-hydrogen) atoms. The third-order valence-electron chi connectivity index (χ3n) is 3.83. The molecule has 0 saturated carbocycles. The lowest BCUT2D eigenvalue weighted by Gasteiger charge is -2.37. The van der Waals surface area contributed by atoms with E-state index < -0.39 is 20.0 Å². The van der Waals surface area contributed by atoms with Gasteiger partial charge in [0.1, 0.15) is 0 Å². The number of carbonyl (C=O) groups is 2. The largest absolute Gasteiger partial charge is 0.478 e. The van der Waals surface area contributed by atoms with Gasteiger partial charge in [-0.1, -0.05) is 59.7 Å². The molecule has 134 valence electrons. The van der Waals surface area contributed by atoms with Crippen LogP contribution in [-0.4, -0.2) is 32.2 Å². The van der Waals surface area contributed by atoms with Crippen LogP contribution in [0.25, 0.3) is 0 Å². The van der Waals surface area contributed by atoms with Crippen molar-refractivity contribution < 1.29 is 19.4 Å². The summed E-state index contributed by atoms with van der Waals surface area (Å²) >= 11 is 0. The molecule has 4 nitrogen and oxygen atoms in total. The van der Waals surface area contributed by atoms with Gasteiger partial charge in [0.15, 0.2) is 0 Å². The minimum atomic E-state index is -1.83. The summed E-state index contributed by atoms with van der Waals surface area (Å²) in [6, 6.07) is 3.92.